The summed E-state index contributed by atoms with van der Waals surface area (Å²) in [6, 6.07) is -0.413. The summed E-state index contributed by atoms with van der Waals surface area (Å²) in [7, 11) is 0. The lowest BCUT2D eigenvalue weighted by atomic mass is 9.85. The van der Waals surface area contributed by atoms with Gasteiger partial charge >= 0.3 is 12.1 Å². The van der Waals surface area contributed by atoms with Crippen LogP contribution in [0.5, 0.6) is 0 Å². The molecule has 5 heteroatoms. The lowest BCUT2D eigenvalue weighted by molar-refractivity contribution is -0.143. The summed E-state index contributed by atoms with van der Waals surface area (Å²) in [6.07, 6.45) is 1.82. The summed E-state index contributed by atoms with van der Waals surface area (Å²) in [5.74, 6) is -1.46. The number of amides is 1. The van der Waals surface area contributed by atoms with Crippen LogP contribution in [-0.4, -0.2) is 28.3 Å². The molecule has 1 aliphatic carbocycles. The van der Waals surface area contributed by atoms with Crippen LogP contribution < -0.4 is 5.32 Å². The second-order valence-corrected chi connectivity index (χ2v) is 3.29. The Kier molecular flexibility index (Phi) is 3.11. The van der Waals surface area contributed by atoms with Gasteiger partial charge in [-0.05, 0) is 12.8 Å². The zero-order valence-electron chi connectivity index (χ0n) is 7.19. The van der Waals surface area contributed by atoms with Crippen LogP contribution in [0.1, 0.15) is 25.7 Å². The van der Waals surface area contributed by atoms with E-state index in [1.54, 1.807) is 0 Å². The highest BCUT2D eigenvalue weighted by molar-refractivity contribution is 5.73. The number of carbonyl (C=O) groups is 2. The number of nitrogens with one attached hydrogen (secondary N) is 1. The molecule has 0 aromatic carbocycles. The van der Waals surface area contributed by atoms with E-state index in [4.69, 9.17) is 10.2 Å². The third-order valence-corrected chi connectivity index (χ3v) is 2.39. The van der Waals surface area contributed by atoms with E-state index in [9.17, 15) is 9.59 Å². The summed E-state index contributed by atoms with van der Waals surface area (Å²) in [5.41, 5.74) is 0. The van der Waals surface area contributed by atoms with Crippen molar-refractivity contribution in [2.45, 2.75) is 31.7 Å². The molecule has 0 bridgehead atoms. The van der Waals surface area contributed by atoms with Crippen molar-refractivity contribution in [2.75, 3.05) is 0 Å². The van der Waals surface area contributed by atoms with Gasteiger partial charge < -0.3 is 15.5 Å². The van der Waals surface area contributed by atoms with E-state index in [1.165, 1.54) is 0 Å². The molecule has 3 N–H and O–H groups in total. The van der Waals surface area contributed by atoms with Crippen molar-refractivity contribution in [2.24, 2.45) is 5.92 Å². The van der Waals surface area contributed by atoms with Gasteiger partial charge in [0.2, 0.25) is 0 Å². The molecule has 0 spiro atoms. The van der Waals surface area contributed by atoms with Crippen molar-refractivity contribution in [3.8, 4) is 0 Å². The van der Waals surface area contributed by atoms with Gasteiger partial charge in [0.1, 0.15) is 0 Å². The lowest BCUT2D eigenvalue weighted by Gasteiger charge is -2.27. The van der Waals surface area contributed by atoms with Crippen molar-refractivity contribution >= 4 is 12.1 Å². The van der Waals surface area contributed by atoms with Crippen LogP contribution in [0.25, 0.3) is 0 Å². The van der Waals surface area contributed by atoms with Gasteiger partial charge in [0.15, 0.2) is 0 Å². The highest BCUT2D eigenvalue weighted by atomic mass is 16.4. The van der Waals surface area contributed by atoms with E-state index >= 15 is 0 Å². The van der Waals surface area contributed by atoms with E-state index in [0.717, 1.165) is 12.8 Å². The molecular weight excluding hydrogens is 174 g/mol. The SMILES string of the molecule is O=C(O)N[C@@H]1CCCC[C@H]1C(=O)O. The van der Waals surface area contributed by atoms with Gasteiger partial charge in [-0.3, -0.25) is 4.79 Å². The largest absolute Gasteiger partial charge is 0.481 e. The second-order valence-electron chi connectivity index (χ2n) is 3.29. The number of aliphatic carboxylic acids is 1. The average Bonchev–Trinajstić information content (AvgIpc) is 2.03. The molecule has 0 saturated heterocycles. The van der Waals surface area contributed by atoms with E-state index in [0.29, 0.717) is 12.8 Å². The molecule has 13 heavy (non-hydrogen) atoms. The van der Waals surface area contributed by atoms with Crippen molar-refractivity contribution < 1.29 is 19.8 Å². The maximum Gasteiger partial charge on any atom is 0.404 e. The van der Waals surface area contributed by atoms with Crippen molar-refractivity contribution in [3.05, 3.63) is 0 Å². The Balaban J connectivity index is 2.56. The van der Waals surface area contributed by atoms with Crippen molar-refractivity contribution in [1.29, 1.82) is 0 Å². The second kappa shape index (κ2) is 4.11. The summed E-state index contributed by atoms with van der Waals surface area (Å²) >= 11 is 0. The molecule has 1 rings (SSSR count). The Morgan fingerprint density at radius 3 is 2.31 bits per heavy atom. The zero-order valence-corrected chi connectivity index (χ0v) is 7.19. The molecule has 0 aromatic rings. The number of rotatable bonds is 2. The third-order valence-electron chi connectivity index (χ3n) is 2.39. The van der Waals surface area contributed by atoms with Gasteiger partial charge in [-0.2, -0.15) is 0 Å². The molecular formula is C8H13NO4. The Morgan fingerprint density at radius 1 is 1.15 bits per heavy atom. The van der Waals surface area contributed by atoms with Crippen LogP contribution in [0.4, 0.5) is 4.79 Å². The summed E-state index contributed by atoms with van der Waals surface area (Å²) in [4.78, 5) is 21.0. The minimum absolute atomic E-state index is 0.413. The van der Waals surface area contributed by atoms with Crippen molar-refractivity contribution in [3.63, 3.8) is 0 Å². The predicted octanol–water partition coefficient (Wildman–Crippen LogP) is 0.897. The normalized spacial score (nSPS) is 28.0. The highest BCUT2D eigenvalue weighted by Crippen LogP contribution is 2.24. The first-order chi connectivity index (χ1) is 6.11. The predicted molar refractivity (Wildman–Crippen MR) is 44.5 cm³/mol. The topological polar surface area (TPSA) is 86.6 Å². The van der Waals surface area contributed by atoms with Gasteiger partial charge in [0.25, 0.3) is 0 Å². The average molecular weight is 187 g/mol. The first kappa shape index (κ1) is 9.83. The van der Waals surface area contributed by atoms with Gasteiger partial charge in [-0.1, -0.05) is 12.8 Å². The Labute approximate surface area is 75.7 Å². The number of carboxylic acids is 1. The standard InChI is InChI=1S/C8H13NO4/c10-7(11)5-3-1-2-4-6(5)9-8(12)13/h5-6,9H,1-4H2,(H,10,11)(H,12,13)/t5-,6-/m1/s1. The summed E-state index contributed by atoms with van der Waals surface area (Å²) in [5, 5.41) is 19.5. The van der Waals surface area contributed by atoms with E-state index in [2.05, 4.69) is 5.32 Å². The van der Waals surface area contributed by atoms with E-state index in [-0.39, 0.29) is 0 Å². The molecule has 1 aliphatic rings. The van der Waals surface area contributed by atoms with Crippen LogP contribution in [0.2, 0.25) is 0 Å². The minimum atomic E-state index is -1.14. The lowest BCUT2D eigenvalue weighted by Crippen LogP contribution is -2.44. The molecule has 1 amide bonds. The number of hydrogen-bond acceptors (Lipinski definition) is 2. The van der Waals surface area contributed by atoms with Crippen LogP contribution in [0, 0.1) is 5.92 Å². The van der Waals surface area contributed by atoms with Crippen LogP contribution in [0.3, 0.4) is 0 Å². The molecule has 0 unspecified atom stereocenters. The zero-order chi connectivity index (χ0) is 9.84. The molecule has 5 nitrogen and oxygen atoms in total. The molecule has 1 fully saturated rings. The molecule has 0 radical (unpaired) electrons. The van der Waals surface area contributed by atoms with Crippen LogP contribution >= 0.6 is 0 Å². The van der Waals surface area contributed by atoms with Crippen LogP contribution in [0.15, 0.2) is 0 Å². The first-order valence-corrected chi connectivity index (χ1v) is 4.33. The quantitative estimate of drug-likeness (QED) is 0.599. The number of carboxylic acid groups (broad SMARTS) is 2. The fraction of sp³-hybridized carbons (Fsp3) is 0.750. The third kappa shape index (κ3) is 2.61. The Bertz CT molecular complexity index is 216. The molecule has 0 aliphatic heterocycles. The van der Waals surface area contributed by atoms with Gasteiger partial charge in [-0.15, -0.1) is 0 Å². The maximum absolute atomic E-state index is 10.7. The number of hydrogen-bond donors (Lipinski definition) is 3. The smallest absolute Gasteiger partial charge is 0.404 e. The van der Waals surface area contributed by atoms with E-state index < -0.39 is 24.0 Å². The van der Waals surface area contributed by atoms with Crippen LogP contribution in [-0.2, 0) is 4.79 Å². The molecule has 0 heterocycles. The fourth-order valence-corrected chi connectivity index (χ4v) is 1.76. The maximum atomic E-state index is 10.7. The molecule has 1 saturated carbocycles. The highest BCUT2D eigenvalue weighted by Gasteiger charge is 2.31. The fourth-order valence-electron chi connectivity index (χ4n) is 1.76. The van der Waals surface area contributed by atoms with Crippen molar-refractivity contribution in [1.82, 2.24) is 5.32 Å². The molecule has 0 aromatic heterocycles. The van der Waals surface area contributed by atoms with Gasteiger partial charge in [-0.25, -0.2) is 4.79 Å². The minimum Gasteiger partial charge on any atom is -0.481 e. The summed E-state index contributed by atoms with van der Waals surface area (Å²) < 4.78 is 0. The Morgan fingerprint density at radius 2 is 1.77 bits per heavy atom. The molecule has 74 valence electrons. The molecule has 2 atom stereocenters. The van der Waals surface area contributed by atoms with Gasteiger partial charge in [0.05, 0.1) is 5.92 Å². The van der Waals surface area contributed by atoms with E-state index in [1.807, 2.05) is 0 Å². The Hall–Kier alpha value is -1.26. The summed E-state index contributed by atoms with van der Waals surface area (Å²) in [6.45, 7) is 0. The first-order valence-electron chi connectivity index (χ1n) is 4.33. The van der Waals surface area contributed by atoms with Gasteiger partial charge in [0, 0.05) is 6.04 Å². The monoisotopic (exact) mass is 187 g/mol.